The fraction of sp³-hybridized carbons (Fsp3) is 0.158. The van der Waals surface area contributed by atoms with Crippen LogP contribution >= 0.6 is 0 Å². The third-order valence-electron chi connectivity index (χ3n) is 4.43. The Morgan fingerprint density at radius 1 is 1.04 bits per heavy atom. The number of anilines is 2. The molecule has 0 saturated carbocycles. The molecule has 126 valence electrons. The fourth-order valence-electron chi connectivity index (χ4n) is 3.26. The average molecular weight is 335 g/mol. The highest BCUT2D eigenvalue weighted by Gasteiger charge is 2.21. The summed E-state index contributed by atoms with van der Waals surface area (Å²) in [7, 11) is 0. The van der Waals surface area contributed by atoms with Gasteiger partial charge in [-0.1, -0.05) is 0 Å². The van der Waals surface area contributed by atoms with Gasteiger partial charge in [0.2, 0.25) is 0 Å². The van der Waals surface area contributed by atoms with E-state index in [1.807, 2.05) is 6.07 Å². The molecule has 0 amide bonds. The minimum atomic E-state index is -1.04. The predicted molar refractivity (Wildman–Crippen MR) is 97.8 cm³/mol. The lowest BCUT2D eigenvalue weighted by Crippen LogP contribution is -2.21. The number of phenolic OH excluding ortho intramolecular Hbond substituents is 1. The molecule has 0 unspecified atom stereocenters. The molecular formula is C19H17N3O3. The van der Waals surface area contributed by atoms with Crippen LogP contribution in [0.1, 0.15) is 27.0 Å². The quantitative estimate of drug-likeness (QED) is 0.677. The molecule has 2 heterocycles. The van der Waals surface area contributed by atoms with Crippen molar-refractivity contribution >= 4 is 29.1 Å². The van der Waals surface area contributed by atoms with E-state index >= 15 is 0 Å². The Labute approximate surface area is 144 Å². The van der Waals surface area contributed by atoms with E-state index in [0.717, 1.165) is 35.6 Å². The summed E-state index contributed by atoms with van der Waals surface area (Å²) in [4.78, 5) is 15.9. The zero-order chi connectivity index (χ0) is 17.4. The van der Waals surface area contributed by atoms with Crippen molar-refractivity contribution in [3.63, 3.8) is 0 Å². The molecule has 0 spiro atoms. The average Bonchev–Trinajstić information content (AvgIpc) is 2.81. The summed E-state index contributed by atoms with van der Waals surface area (Å²) in [5.74, 6) is -1.02. The van der Waals surface area contributed by atoms with E-state index in [2.05, 4.69) is 21.7 Å². The van der Waals surface area contributed by atoms with Crippen LogP contribution in [0.3, 0.4) is 0 Å². The molecule has 6 nitrogen and oxygen atoms in total. The van der Waals surface area contributed by atoms with Crippen molar-refractivity contribution in [1.82, 2.24) is 0 Å². The van der Waals surface area contributed by atoms with Crippen molar-refractivity contribution < 1.29 is 15.0 Å². The Morgan fingerprint density at radius 3 is 2.56 bits per heavy atom. The molecule has 0 radical (unpaired) electrons. The van der Waals surface area contributed by atoms with Crippen LogP contribution in [0, 0.1) is 0 Å². The molecule has 0 aromatic heterocycles. The van der Waals surface area contributed by atoms with E-state index in [0.29, 0.717) is 17.6 Å². The number of aliphatic imine (C=N–C) groups is 1. The molecule has 2 aliphatic rings. The first kappa shape index (κ1) is 15.3. The van der Waals surface area contributed by atoms with Gasteiger partial charge < -0.3 is 20.8 Å². The van der Waals surface area contributed by atoms with Gasteiger partial charge in [0.1, 0.15) is 5.75 Å². The third kappa shape index (κ3) is 2.71. The Bertz CT molecular complexity index is 932. The number of nitrogens with zero attached hydrogens (tertiary/aromatic N) is 1. The van der Waals surface area contributed by atoms with Crippen molar-refractivity contribution in [2.45, 2.75) is 6.42 Å². The van der Waals surface area contributed by atoms with Crippen LogP contribution in [-0.2, 0) is 6.42 Å². The molecule has 4 N–H and O–H groups in total. The number of phenols is 1. The van der Waals surface area contributed by atoms with Crippen molar-refractivity contribution in [3.8, 4) is 5.75 Å². The summed E-state index contributed by atoms with van der Waals surface area (Å²) < 4.78 is 0. The number of aromatic hydroxyl groups is 1. The van der Waals surface area contributed by atoms with Crippen molar-refractivity contribution in [3.05, 3.63) is 58.8 Å². The van der Waals surface area contributed by atoms with Gasteiger partial charge in [-0.3, -0.25) is 4.99 Å². The van der Waals surface area contributed by atoms with Crippen molar-refractivity contribution in [2.75, 3.05) is 23.7 Å². The van der Waals surface area contributed by atoms with E-state index in [4.69, 9.17) is 0 Å². The van der Waals surface area contributed by atoms with Gasteiger partial charge in [-0.2, -0.15) is 0 Å². The number of benzene rings is 2. The molecule has 0 bridgehead atoms. The molecule has 2 aliphatic heterocycles. The Balaban J connectivity index is 1.93. The molecule has 0 atom stereocenters. The minimum Gasteiger partial charge on any atom is -0.508 e. The van der Waals surface area contributed by atoms with Gasteiger partial charge in [0, 0.05) is 43.1 Å². The number of hydrogen-bond donors (Lipinski definition) is 4. The fourth-order valence-corrected chi connectivity index (χ4v) is 3.26. The maximum atomic E-state index is 11.6. The topological polar surface area (TPSA) is 94.0 Å². The number of fused-ring (bicyclic) bond motifs is 2. The van der Waals surface area contributed by atoms with E-state index in [1.54, 1.807) is 12.4 Å². The summed E-state index contributed by atoms with van der Waals surface area (Å²) in [6, 6.07) is 8.37. The number of rotatable bonds is 2. The Hall–Kier alpha value is -3.28. The second kappa shape index (κ2) is 5.98. The van der Waals surface area contributed by atoms with Crippen LogP contribution in [0.5, 0.6) is 5.75 Å². The molecule has 25 heavy (non-hydrogen) atoms. The number of carbonyl (C=O) groups is 1. The van der Waals surface area contributed by atoms with Gasteiger partial charge in [0.05, 0.1) is 16.9 Å². The molecule has 2 aromatic carbocycles. The van der Waals surface area contributed by atoms with E-state index < -0.39 is 5.97 Å². The molecule has 0 saturated heterocycles. The number of nitrogens with one attached hydrogen (secondary N) is 2. The monoisotopic (exact) mass is 335 g/mol. The highest BCUT2D eigenvalue weighted by Crippen LogP contribution is 2.37. The normalized spacial score (nSPS) is 15.1. The highest BCUT2D eigenvalue weighted by atomic mass is 16.4. The maximum absolute atomic E-state index is 11.6. The van der Waals surface area contributed by atoms with E-state index in [1.165, 1.54) is 18.2 Å². The van der Waals surface area contributed by atoms with Gasteiger partial charge in [-0.25, -0.2) is 4.79 Å². The summed E-state index contributed by atoms with van der Waals surface area (Å²) in [6.07, 6.45) is 4.12. The van der Waals surface area contributed by atoms with Crippen LogP contribution in [-0.4, -0.2) is 35.5 Å². The molecule has 0 aliphatic carbocycles. The van der Waals surface area contributed by atoms with Gasteiger partial charge in [0.15, 0.2) is 0 Å². The number of carboxylic acids is 1. The summed E-state index contributed by atoms with van der Waals surface area (Å²) in [6.45, 7) is 1.69. The smallest absolute Gasteiger partial charge is 0.336 e. The van der Waals surface area contributed by atoms with Gasteiger partial charge in [-0.15, -0.1) is 0 Å². The third-order valence-corrected chi connectivity index (χ3v) is 4.43. The number of aromatic carboxylic acids is 1. The SMILES string of the molecule is O=C(O)c1ccc(O)cc1C1=CN=CCc2cc3c(cc21)NCCN3. The van der Waals surface area contributed by atoms with Crippen LogP contribution in [0.15, 0.2) is 41.5 Å². The zero-order valence-corrected chi connectivity index (χ0v) is 13.4. The predicted octanol–water partition coefficient (Wildman–Crippen LogP) is 2.94. The summed E-state index contributed by atoms with van der Waals surface area (Å²) in [5, 5.41) is 26.1. The highest BCUT2D eigenvalue weighted by molar-refractivity contribution is 5.99. The largest absolute Gasteiger partial charge is 0.508 e. The summed E-state index contributed by atoms with van der Waals surface area (Å²) >= 11 is 0. The lowest BCUT2D eigenvalue weighted by atomic mass is 9.89. The van der Waals surface area contributed by atoms with Gasteiger partial charge in [0.25, 0.3) is 0 Å². The molecule has 4 rings (SSSR count). The van der Waals surface area contributed by atoms with Crippen molar-refractivity contribution in [2.24, 2.45) is 4.99 Å². The molecule has 6 heteroatoms. The Morgan fingerprint density at radius 2 is 1.80 bits per heavy atom. The first-order chi connectivity index (χ1) is 12.1. The van der Waals surface area contributed by atoms with Crippen LogP contribution in [0.4, 0.5) is 11.4 Å². The standard InChI is InChI=1S/C19H17N3O3/c23-12-1-2-13(19(24)25)15(8-12)16-10-20-4-3-11-7-17-18(9-14(11)16)22-6-5-21-17/h1-2,4,7-10,21-23H,3,5-6H2,(H,24,25). The number of hydrogen-bond acceptors (Lipinski definition) is 5. The van der Waals surface area contributed by atoms with Crippen LogP contribution < -0.4 is 10.6 Å². The first-order valence-electron chi connectivity index (χ1n) is 8.07. The van der Waals surface area contributed by atoms with E-state index in [-0.39, 0.29) is 11.3 Å². The van der Waals surface area contributed by atoms with E-state index in [9.17, 15) is 15.0 Å². The Kier molecular flexibility index (Phi) is 3.65. The zero-order valence-electron chi connectivity index (χ0n) is 13.4. The second-order valence-electron chi connectivity index (χ2n) is 6.02. The first-order valence-corrected chi connectivity index (χ1v) is 8.07. The number of carboxylic acid groups (broad SMARTS) is 1. The lowest BCUT2D eigenvalue weighted by Gasteiger charge is -2.23. The lowest BCUT2D eigenvalue weighted by molar-refractivity contribution is 0.0696. The summed E-state index contributed by atoms with van der Waals surface area (Å²) in [5.41, 5.74) is 5.27. The molecular weight excluding hydrogens is 318 g/mol. The van der Waals surface area contributed by atoms with Crippen molar-refractivity contribution in [1.29, 1.82) is 0 Å². The molecule has 2 aromatic rings. The minimum absolute atomic E-state index is 0.0217. The van der Waals surface area contributed by atoms with Crippen LogP contribution in [0.25, 0.3) is 5.57 Å². The van der Waals surface area contributed by atoms with Gasteiger partial charge in [-0.05, 0) is 41.5 Å². The maximum Gasteiger partial charge on any atom is 0.336 e. The molecule has 0 fully saturated rings. The van der Waals surface area contributed by atoms with Gasteiger partial charge >= 0.3 is 5.97 Å². The van der Waals surface area contributed by atoms with Crippen LogP contribution in [0.2, 0.25) is 0 Å². The second-order valence-corrected chi connectivity index (χ2v) is 6.02.